The summed E-state index contributed by atoms with van der Waals surface area (Å²) in [5.41, 5.74) is 7.75. The van der Waals surface area contributed by atoms with Crippen molar-refractivity contribution in [3.05, 3.63) is 11.8 Å². The van der Waals surface area contributed by atoms with Gasteiger partial charge >= 0.3 is 0 Å². The number of aromatic nitrogens is 2. The van der Waals surface area contributed by atoms with Crippen molar-refractivity contribution in [3.63, 3.8) is 0 Å². The molecule has 114 valence electrons. The molecule has 1 heterocycles. The molecule has 1 aromatic heterocycles. The second-order valence-electron chi connectivity index (χ2n) is 5.29. The Bertz CT molecular complexity index is 385. The summed E-state index contributed by atoms with van der Waals surface area (Å²) >= 11 is 0. The third-order valence-corrected chi connectivity index (χ3v) is 6.03. The van der Waals surface area contributed by atoms with Gasteiger partial charge in [-0.1, -0.05) is 35.6 Å². The Labute approximate surface area is 123 Å². The van der Waals surface area contributed by atoms with Crippen LogP contribution in [0.3, 0.4) is 0 Å². The smallest absolute Gasteiger partial charge is 0.223 e. The van der Waals surface area contributed by atoms with E-state index >= 15 is 0 Å². The fourth-order valence-corrected chi connectivity index (χ4v) is 4.03. The predicted octanol–water partition coefficient (Wildman–Crippen LogP) is 3.02. The van der Waals surface area contributed by atoms with Crippen LogP contribution in [0.1, 0.15) is 33.4 Å². The second-order valence-corrected chi connectivity index (χ2v) is 8.65. The normalized spacial score (nSPS) is 11.6. The van der Waals surface area contributed by atoms with Crippen molar-refractivity contribution in [3.8, 4) is 5.88 Å². The summed E-state index contributed by atoms with van der Waals surface area (Å²) in [5.74, 6) is 0.748. The Morgan fingerprint density at radius 3 is 2.35 bits per heavy atom. The first kappa shape index (κ1) is 17.1. The monoisotopic (exact) mass is 299 g/mol. The van der Waals surface area contributed by atoms with Crippen LogP contribution in [0.15, 0.2) is 6.07 Å². The number of anilines is 1. The molecule has 0 aliphatic heterocycles. The lowest BCUT2D eigenvalue weighted by Crippen LogP contribution is -2.13. The molecule has 6 heteroatoms. The molecule has 0 aliphatic rings. The highest BCUT2D eigenvalue weighted by Crippen LogP contribution is 2.45. The fraction of sp³-hybridized carbons (Fsp3) is 0.714. The summed E-state index contributed by atoms with van der Waals surface area (Å²) in [4.78, 5) is 8.01. The van der Waals surface area contributed by atoms with Gasteiger partial charge in [-0.25, -0.2) is 4.98 Å². The molecule has 0 fully saturated rings. The molecular formula is C14H26N3O2P. The van der Waals surface area contributed by atoms with Crippen LogP contribution >= 0.6 is 7.92 Å². The molecular weight excluding hydrogens is 273 g/mol. The Balaban J connectivity index is 2.28. The first-order valence-electron chi connectivity index (χ1n) is 6.97. The molecule has 0 saturated carbocycles. The van der Waals surface area contributed by atoms with E-state index < -0.39 is 0 Å². The van der Waals surface area contributed by atoms with Gasteiger partial charge in [0, 0.05) is 11.8 Å². The molecule has 0 radical (unpaired) electrons. The molecule has 0 spiro atoms. The zero-order chi connectivity index (χ0) is 15.1. The number of nitrogens with two attached hydrogens (primary N) is 1. The van der Waals surface area contributed by atoms with E-state index in [0.717, 1.165) is 12.0 Å². The number of nitrogens with zero attached hydrogens (tertiary/aromatic N) is 2. The molecule has 2 N–H and O–H groups in total. The van der Waals surface area contributed by atoms with Crippen LogP contribution in [-0.4, -0.2) is 40.8 Å². The maximum Gasteiger partial charge on any atom is 0.223 e. The van der Waals surface area contributed by atoms with Gasteiger partial charge in [0.1, 0.15) is 6.61 Å². The Kier molecular flexibility index (Phi) is 7.17. The molecule has 1 rings (SSSR count). The summed E-state index contributed by atoms with van der Waals surface area (Å²) in [6.07, 6.45) is 0.832. The number of hydrogen-bond acceptors (Lipinski definition) is 5. The quantitative estimate of drug-likeness (QED) is 0.590. The van der Waals surface area contributed by atoms with Crippen LogP contribution in [0, 0.1) is 6.92 Å². The first-order chi connectivity index (χ1) is 9.40. The standard InChI is InChI=1S/C14H26N3O2P/c1-10(2)20(11(3)4)9-18-6-7-19-13-8-12(5)16-14(15)17-13/h8,10-11H,6-7,9H2,1-5H3,(H2,15,16,17). The molecule has 0 amide bonds. The minimum absolute atomic E-state index is 0.0832. The average Bonchev–Trinajstić information content (AvgIpc) is 2.31. The number of aryl methyl sites for hydroxylation is 1. The average molecular weight is 299 g/mol. The van der Waals surface area contributed by atoms with Crippen LogP contribution in [0.2, 0.25) is 0 Å². The van der Waals surface area contributed by atoms with Crippen LogP contribution in [0.25, 0.3) is 0 Å². The lowest BCUT2D eigenvalue weighted by atomic mass is 10.4. The van der Waals surface area contributed by atoms with Gasteiger partial charge in [0.25, 0.3) is 0 Å². The van der Waals surface area contributed by atoms with E-state index in [0.29, 0.717) is 30.4 Å². The molecule has 0 unspecified atom stereocenters. The summed E-state index contributed by atoms with van der Waals surface area (Å²) in [7, 11) is -0.0832. The summed E-state index contributed by atoms with van der Waals surface area (Å²) in [5, 5.41) is 0. The van der Waals surface area contributed by atoms with E-state index in [1.807, 2.05) is 6.92 Å². The Hall–Kier alpha value is -0.930. The molecule has 0 saturated heterocycles. The highest BCUT2D eigenvalue weighted by molar-refractivity contribution is 7.58. The zero-order valence-corrected chi connectivity index (χ0v) is 14.0. The fourth-order valence-electron chi connectivity index (χ4n) is 1.91. The molecule has 5 nitrogen and oxygen atoms in total. The Morgan fingerprint density at radius 1 is 1.15 bits per heavy atom. The van der Waals surface area contributed by atoms with Gasteiger partial charge in [0.2, 0.25) is 11.8 Å². The largest absolute Gasteiger partial charge is 0.475 e. The summed E-state index contributed by atoms with van der Waals surface area (Å²) in [6.45, 7) is 12.0. The maximum atomic E-state index is 5.73. The van der Waals surface area contributed by atoms with E-state index in [4.69, 9.17) is 15.2 Å². The minimum atomic E-state index is -0.0832. The van der Waals surface area contributed by atoms with Crippen LogP contribution in [-0.2, 0) is 4.74 Å². The van der Waals surface area contributed by atoms with E-state index in [1.165, 1.54) is 0 Å². The minimum Gasteiger partial charge on any atom is -0.475 e. The van der Waals surface area contributed by atoms with Gasteiger partial charge in [-0.05, 0) is 18.2 Å². The molecule has 0 aromatic carbocycles. The van der Waals surface area contributed by atoms with E-state index in [1.54, 1.807) is 6.07 Å². The van der Waals surface area contributed by atoms with Crippen molar-refractivity contribution >= 4 is 13.9 Å². The predicted molar refractivity (Wildman–Crippen MR) is 84.7 cm³/mol. The number of hydrogen-bond donors (Lipinski definition) is 1. The number of ether oxygens (including phenoxy) is 2. The highest BCUT2D eigenvalue weighted by Gasteiger charge is 2.16. The second kappa shape index (κ2) is 8.38. The molecule has 0 aliphatic carbocycles. The van der Waals surface area contributed by atoms with Gasteiger partial charge in [-0.15, -0.1) is 0 Å². The zero-order valence-electron chi connectivity index (χ0n) is 13.1. The van der Waals surface area contributed by atoms with Crippen LogP contribution in [0.5, 0.6) is 5.88 Å². The van der Waals surface area contributed by atoms with E-state index in [-0.39, 0.29) is 13.9 Å². The maximum absolute atomic E-state index is 5.73. The lowest BCUT2D eigenvalue weighted by molar-refractivity contribution is 0.130. The van der Waals surface area contributed by atoms with Crippen molar-refractivity contribution < 1.29 is 9.47 Å². The lowest BCUT2D eigenvalue weighted by Gasteiger charge is -2.25. The van der Waals surface area contributed by atoms with E-state index in [2.05, 4.69) is 37.7 Å². The van der Waals surface area contributed by atoms with Crippen molar-refractivity contribution in [1.29, 1.82) is 0 Å². The van der Waals surface area contributed by atoms with Crippen molar-refractivity contribution in [2.45, 2.75) is 45.9 Å². The molecule has 20 heavy (non-hydrogen) atoms. The van der Waals surface area contributed by atoms with E-state index in [9.17, 15) is 0 Å². The number of nitrogen functional groups attached to an aromatic ring is 1. The van der Waals surface area contributed by atoms with Crippen molar-refractivity contribution in [2.24, 2.45) is 0 Å². The highest BCUT2D eigenvalue weighted by atomic mass is 31.1. The number of rotatable bonds is 8. The SMILES string of the molecule is Cc1cc(OCCOCP(C(C)C)C(C)C)nc(N)n1. The van der Waals surface area contributed by atoms with Gasteiger partial charge in [-0.2, -0.15) is 4.98 Å². The van der Waals surface area contributed by atoms with Crippen LogP contribution in [0.4, 0.5) is 5.95 Å². The Morgan fingerprint density at radius 2 is 1.80 bits per heavy atom. The third-order valence-electron chi connectivity index (χ3n) is 2.89. The molecule has 0 atom stereocenters. The van der Waals surface area contributed by atoms with Gasteiger partial charge < -0.3 is 15.2 Å². The molecule has 0 bridgehead atoms. The van der Waals surface area contributed by atoms with Gasteiger partial charge in [0.15, 0.2) is 0 Å². The third kappa shape index (κ3) is 6.02. The van der Waals surface area contributed by atoms with Gasteiger partial charge in [-0.3, -0.25) is 0 Å². The summed E-state index contributed by atoms with van der Waals surface area (Å²) in [6, 6.07) is 1.77. The summed E-state index contributed by atoms with van der Waals surface area (Å²) < 4.78 is 11.3. The topological polar surface area (TPSA) is 70.3 Å². The van der Waals surface area contributed by atoms with Crippen molar-refractivity contribution in [1.82, 2.24) is 9.97 Å². The van der Waals surface area contributed by atoms with Gasteiger partial charge in [0.05, 0.1) is 13.0 Å². The van der Waals surface area contributed by atoms with Crippen molar-refractivity contribution in [2.75, 3.05) is 25.3 Å². The molecule has 1 aromatic rings. The van der Waals surface area contributed by atoms with Crippen LogP contribution < -0.4 is 10.5 Å². The first-order valence-corrected chi connectivity index (χ1v) is 8.64.